The van der Waals surface area contributed by atoms with Crippen LogP contribution in [0.15, 0.2) is 0 Å². The molecule has 23 heavy (non-hydrogen) atoms. The normalized spacial score (nSPS) is 13.4. The molecule has 0 aliphatic heterocycles. The summed E-state index contributed by atoms with van der Waals surface area (Å²) in [6, 6.07) is 0. The van der Waals surface area contributed by atoms with Crippen LogP contribution in [0.3, 0.4) is 0 Å². The van der Waals surface area contributed by atoms with E-state index in [-0.39, 0.29) is 17.8 Å². The van der Waals surface area contributed by atoms with Gasteiger partial charge in [-0.1, -0.05) is 55.4 Å². The molecule has 0 saturated heterocycles. The molecule has 0 unspecified atom stereocenters. The highest BCUT2D eigenvalue weighted by Crippen LogP contribution is 2.32. The maximum Gasteiger partial charge on any atom is 0.163 e. The highest BCUT2D eigenvalue weighted by Gasteiger charge is 2.22. The summed E-state index contributed by atoms with van der Waals surface area (Å²) in [5.41, 5.74) is 0.429. The summed E-state index contributed by atoms with van der Waals surface area (Å²) in [6.07, 6.45) is 4.42. The summed E-state index contributed by atoms with van der Waals surface area (Å²) in [5.74, 6) is 0.152. The first-order valence-electron chi connectivity index (χ1n) is 9.02. The van der Waals surface area contributed by atoms with E-state index in [1.165, 1.54) is 12.8 Å². The Labute approximate surface area is 144 Å². The third-order valence-electron chi connectivity index (χ3n) is 4.12. The Kier molecular flexibility index (Phi) is 9.61. The zero-order valence-corrected chi connectivity index (χ0v) is 16.9. The summed E-state index contributed by atoms with van der Waals surface area (Å²) in [4.78, 5) is 11.7. The Balaban J connectivity index is 3.61. The SMILES string of the molecule is CC(C)(C)CCC(C)(C)CCOCCCOCC(=O)C(C)(C)C. The monoisotopic (exact) mass is 328 g/mol. The minimum absolute atomic E-state index is 0.152. The molecule has 0 aliphatic rings. The van der Waals surface area contributed by atoms with Gasteiger partial charge in [0.15, 0.2) is 5.78 Å². The van der Waals surface area contributed by atoms with Crippen LogP contribution in [0.25, 0.3) is 0 Å². The molecule has 0 aliphatic carbocycles. The van der Waals surface area contributed by atoms with Gasteiger partial charge in [0.05, 0.1) is 0 Å². The van der Waals surface area contributed by atoms with Crippen molar-refractivity contribution in [2.75, 3.05) is 26.4 Å². The summed E-state index contributed by atoms with van der Waals surface area (Å²) < 4.78 is 11.1. The molecule has 0 fully saturated rings. The number of rotatable bonds is 11. The van der Waals surface area contributed by atoms with Crippen LogP contribution < -0.4 is 0 Å². The van der Waals surface area contributed by atoms with Gasteiger partial charge in [-0.25, -0.2) is 0 Å². The van der Waals surface area contributed by atoms with Crippen molar-refractivity contribution in [1.29, 1.82) is 0 Å². The van der Waals surface area contributed by atoms with E-state index in [4.69, 9.17) is 9.47 Å². The fourth-order valence-corrected chi connectivity index (χ4v) is 1.93. The molecule has 0 atom stereocenters. The molecule has 0 spiro atoms. The van der Waals surface area contributed by atoms with Gasteiger partial charge < -0.3 is 9.47 Å². The van der Waals surface area contributed by atoms with Gasteiger partial charge in [-0.3, -0.25) is 4.79 Å². The first kappa shape index (κ1) is 22.6. The predicted molar refractivity (Wildman–Crippen MR) is 97.8 cm³/mol. The summed E-state index contributed by atoms with van der Waals surface area (Å²) in [7, 11) is 0. The van der Waals surface area contributed by atoms with Gasteiger partial charge in [-0.05, 0) is 36.5 Å². The lowest BCUT2D eigenvalue weighted by Crippen LogP contribution is -2.25. The third-order valence-corrected chi connectivity index (χ3v) is 4.12. The van der Waals surface area contributed by atoms with Crippen LogP contribution in [0.1, 0.15) is 81.1 Å². The summed E-state index contributed by atoms with van der Waals surface area (Å²) in [5, 5.41) is 0. The lowest BCUT2D eigenvalue weighted by atomic mass is 9.78. The standard InChI is InChI=1S/C20H40O3/c1-18(2,3)10-11-20(7,8)12-15-22-13-9-14-23-16-17(21)19(4,5)6/h9-16H2,1-8H3. The minimum atomic E-state index is -0.310. The molecule has 0 amide bonds. The van der Waals surface area contributed by atoms with E-state index in [9.17, 15) is 4.79 Å². The van der Waals surface area contributed by atoms with Gasteiger partial charge >= 0.3 is 0 Å². The molecule has 0 rings (SSSR count). The Hall–Kier alpha value is -0.410. The maximum absolute atomic E-state index is 11.7. The smallest absolute Gasteiger partial charge is 0.163 e. The quantitative estimate of drug-likeness (QED) is 0.485. The maximum atomic E-state index is 11.7. The average Bonchev–Trinajstić information content (AvgIpc) is 2.37. The number of hydrogen-bond acceptors (Lipinski definition) is 3. The lowest BCUT2D eigenvalue weighted by Gasteiger charge is -2.28. The molecule has 0 saturated carbocycles. The van der Waals surface area contributed by atoms with Gasteiger partial charge in [0.2, 0.25) is 0 Å². The number of carbonyl (C=O) groups is 1. The van der Waals surface area contributed by atoms with Crippen LogP contribution in [0.4, 0.5) is 0 Å². The van der Waals surface area contributed by atoms with E-state index < -0.39 is 0 Å². The van der Waals surface area contributed by atoms with Gasteiger partial charge in [-0.15, -0.1) is 0 Å². The van der Waals surface area contributed by atoms with Crippen molar-refractivity contribution in [2.24, 2.45) is 16.2 Å². The van der Waals surface area contributed by atoms with Crippen LogP contribution in [0.2, 0.25) is 0 Å². The Morgan fingerprint density at radius 3 is 1.83 bits per heavy atom. The topological polar surface area (TPSA) is 35.5 Å². The number of hydrogen-bond donors (Lipinski definition) is 0. The van der Waals surface area contributed by atoms with Crippen LogP contribution >= 0.6 is 0 Å². The molecule has 0 bridgehead atoms. The van der Waals surface area contributed by atoms with Crippen molar-refractivity contribution in [3.05, 3.63) is 0 Å². The molecule has 3 heteroatoms. The van der Waals surface area contributed by atoms with Gasteiger partial charge in [0.25, 0.3) is 0 Å². The van der Waals surface area contributed by atoms with Crippen molar-refractivity contribution in [2.45, 2.75) is 81.1 Å². The molecular formula is C20H40O3. The van der Waals surface area contributed by atoms with Gasteiger partial charge in [0.1, 0.15) is 6.61 Å². The zero-order valence-electron chi connectivity index (χ0n) is 16.9. The van der Waals surface area contributed by atoms with E-state index in [0.29, 0.717) is 24.0 Å². The summed E-state index contributed by atoms with van der Waals surface area (Å²) in [6.45, 7) is 19.6. The van der Waals surface area contributed by atoms with Crippen molar-refractivity contribution in [3.63, 3.8) is 0 Å². The molecule has 0 aromatic heterocycles. The summed E-state index contributed by atoms with van der Waals surface area (Å²) >= 11 is 0. The second-order valence-corrected chi connectivity index (χ2v) is 9.67. The van der Waals surface area contributed by atoms with Crippen LogP contribution in [0.5, 0.6) is 0 Å². The molecule has 0 aromatic rings. The Morgan fingerprint density at radius 1 is 0.739 bits per heavy atom. The lowest BCUT2D eigenvalue weighted by molar-refractivity contribution is -0.131. The van der Waals surface area contributed by atoms with Crippen molar-refractivity contribution in [3.8, 4) is 0 Å². The van der Waals surface area contributed by atoms with Crippen LogP contribution in [-0.2, 0) is 14.3 Å². The second kappa shape index (κ2) is 9.78. The average molecular weight is 329 g/mol. The first-order valence-corrected chi connectivity index (χ1v) is 9.02. The molecule has 3 nitrogen and oxygen atoms in total. The first-order chi connectivity index (χ1) is 10.3. The van der Waals surface area contributed by atoms with E-state index in [2.05, 4.69) is 34.6 Å². The van der Waals surface area contributed by atoms with Crippen LogP contribution in [-0.4, -0.2) is 32.2 Å². The van der Waals surface area contributed by atoms with E-state index >= 15 is 0 Å². The number of ether oxygens (including phenoxy) is 2. The molecular weight excluding hydrogens is 288 g/mol. The minimum Gasteiger partial charge on any atom is -0.381 e. The largest absolute Gasteiger partial charge is 0.381 e. The molecule has 0 heterocycles. The van der Waals surface area contributed by atoms with Crippen molar-refractivity contribution in [1.82, 2.24) is 0 Å². The highest BCUT2D eigenvalue weighted by atomic mass is 16.5. The number of carbonyl (C=O) groups excluding carboxylic acids is 1. The van der Waals surface area contributed by atoms with E-state index in [1.807, 2.05) is 20.8 Å². The van der Waals surface area contributed by atoms with Crippen molar-refractivity contribution >= 4 is 5.78 Å². The predicted octanol–water partition coefficient (Wildman–Crippen LogP) is 5.27. The molecule has 138 valence electrons. The van der Waals surface area contributed by atoms with Crippen LogP contribution in [0, 0.1) is 16.2 Å². The number of ketones is 1. The van der Waals surface area contributed by atoms with Gasteiger partial charge in [0, 0.05) is 25.2 Å². The third kappa shape index (κ3) is 13.7. The van der Waals surface area contributed by atoms with E-state index in [0.717, 1.165) is 19.4 Å². The highest BCUT2D eigenvalue weighted by molar-refractivity contribution is 5.84. The van der Waals surface area contributed by atoms with Crippen molar-refractivity contribution < 1.29 is 14.3 Å². The van der Waals surface area contributed by atoms with Gasteiger partial charge in [-0.2, -0.15) is 0 Å². The fraction of sp³-hybridized carbons (Fsp3) is 0.950. The molecule has 0 radical (unpaired) electrons. The zero-order chi connectivity index (χ0) is 18.1. The Morgan fingerprint density at radius 2 is 1.30 bits per heavy atom. The molecule has 0 N–H and O–H groups in total. The molecule has 0 aromatic carbocycles. The number of Topliss-reactive ketones (excluding diaryl/α,β-unsaturated/α-hetero) is 1. The van der Waals surface area contributed by atoms with E-state index in [1.54, 1.807) is 0 Å². The Bertz CT molecular complexity index is 332. The fourth-order valence-electron chi connectivity index (χ4n) is 1.93. The second-order valence-electron chi connectivity index (χ2n) is 9.67.